The number of likely N-dealkylation sites (tertiary alicyclic amines) is 1. The quantitative estimate of drug-likeness (QED) is 0.701. The van der Waals surface area contributed by atoms with Crippen LogP contribution in [0.3, 0.4) is 0 Å². The number of aromatic amines is 1. The third kappa shape index (κ3) is 4.04. The summed E-state index contributed by atoms with van der Waals surface area (Å²) in [5.74, 6) is -0.201. The molecule has 2 N–H and O–H groups in total. The van der Waals surface area contributed by atoms with Crippen molar-refractivity contribution in [2.24, 2.45) is 5.92 Å². The van der Waals surface area contributed by atoms with Gasteiger partial charge in [-0.3, -0.25) is 9.59 Å². The van der Waals surface area contributed by atoms with Gasteiger partial charge in [0.1, 0.15) is 0 Å². The van der Waals surface area contributed by atoms with Crippen molar-refractivity contribution in [2.75, 3.05) is 13.1 Å². The van der Waals surface area contributed by atoms with Gasteiger partial charge in [-0.25, -0.2) is 0 Å². The lowest BCUT2D eigenvalue weighted by Gasteiger charge is -2.32. The number of fused-ring (bicyclic) bond motifs is 1. The molecule has 4 rings (SSSR count). The predicted octanol–water partition coefficient (Wildman–Crippen LogP) is 3.99. The number of benzene rings is 2. The van der Waals surface area contributed by atoms with Crippen LogP contribution in [0.15, 0.2) is 54.7 Å². The molecule has 1 aliphatic rings. The minimum Gasteiger partial charge on any atom is -0.361 e. The molecular formula is C22H22ClN3O2. The molecule has 1 atom stereocenters. The molecule has 6 heteroatoms. The SMILES string of the molecule is O=C(NCc1ccc(Cl)cc1)[C@H]1CCCN(C(=O)c2ccc3[nH]ccc3c2)C1. The van der Waals surface area contributed by atoms with Crippen LogP contribution in [0.1, 0.15) is 28.8 Å². The van der Waals surface area contributed by atoms with Crippen molar-refractivity contribution in [1.29, 1.82) is 0 Å². The van der Waals surface area contributed by atoms with E-state index in [1.165, 1.54) is 0 Å². The molecule has 2 heterocycles. The second-order valence-electron chi connectivity index (χ2n) is 7.21. The van der Waals surface area contributed by atoms with Gasteiger partial charge < -0.3 is 15.2 Å². The van der Waals surface area contributed by atoms with Crippen molar-refractivity contribution in [3.05, 3.63) is 70.9 Å². The summed E-state index contributed by atoms with van der Waals surface area (Å²) in [6.45, 7) is 1.60. The predicted molar refractivity (Wildman–Crippen MR) is 110 cm³/mol. The zero-order valence-corrected chi connectivity index (χ0v) is 16.2. The van der Waals surface area contributed by atoms with Crippen molar-refractivity contribution >= 4 is 34.3 Å². The summed E-state index contributed by atoms with van der Waals surface area (Å²) in [7, 11) is 0. The summed E-state index contributed by atoms with van der Waals surface area (Å²) < 4.78 is 0. The third-order valence-corrected chi connectivity index (χ3v) is 5.51. The molecule has 1 aromatic heterocycles. The summed E-state index contributed by atoms with van der Waals surface area (Å²) in [4.78, 5) is 30.4. The lowest BCUT2D eigenvalue weighted by molar-refractivity contribution is -0.126. The largest absolute Gasteiger partial charge is 0.361 e. The molecule has 1 aliphatic heterocycles. The fourth-order valence-corrected chi connectivity index (χ4v) is 3.81. The first-order valence-corrected chi connectivity index (χ1v) is 9.86. The van der Waals surface area contributed by atoms with Gasteiger partial charge in [-0.15, -0.1) is 0 Å². The van der Waals surface area contributed by atoms with E-state index in [-0.39, 0.29) is 17.7 Å². The Labute approximate surface area is 168 Å². The number of carbonyl (C=O) groups excluding carboxylic acids is 2. The van der Waals surface area contributed by atoms with E-state index in [1.54, 1.807) is 4.90 Å². The van der Waals surface area contributed by atoms with Gasteiger partial charge >= 0.3 is 0 Å². The molecule has 0 bridgehead atoms. The standard InChI is InChI=1S/C22H22ClN3O2/c23-19-6-3-15(4-7-19)13-25-21(27)18-2-1-11-26(14-18)22(28)17-5-8-20-16(12-17)9-10-24-20/h3-10,12,18,24H,1-2,11,13-14H2,(H,25,27)/t18-/m0/s1. The summed E-state index contributed by atoms with van der Waals surface area (Å²) in [5, 5.41) is 4.67. The van der Waals surface area contributed by atoms with Crippen LogP contribution in [0.2, 0.25) is 5.02 Å². The van der Waals surface area contributed by atoms with Gasteiger partial charge in [-0.2, -0.15) is 0 Å². The molecule has 0 radical (unpaired) electrons. The number of carbonyl (C=O) groups is 2. The maximum Gasteiger partial charge on any atom is 0.253 e. The van der Waals surface area contributed by atoms with E-state index in [0.29, 0.717) is 30.2 Å². The monoisotopic (exact) mass is 395 g/mol. The van der Waals surface area contributed by atoms with Crippen LogP contribution in [0.4, 0.5) is 0 Å². The minimum absolute atomic E-state index is 0.00598. The molecule has 2 aromatic carbocycles. The summed E-state index contributed by atoms with van der Waals surface area (Å²) in [6.07, 6.45) is 3.49. The maximum atomic E-state index is 12.9. The molecule has 5 nitrogen and oxygen atoms in total. The second kappa shape index (κ2) is 8.07. The zero-order valence-electron chi connectivity index (χ0n) is 15.5. The molecule has 0 spiro atoms. The first-order valence-electron chi connectivity index (χ1n) is 9.49. The average molecular weight is 396 g/mol. The highest BCUT2D eigenvalue weighted by Gasteiger charge is 2.28. The number of hydrogen-bond acceptors (Lipinski definition) is 2. The van der Waals surface area contributed by atoms with Gasteiger partial charge in [0.2, 0.25) is 5.91 Å². The van der Waals surface area contributed by atoms with E-state index < -0.39 is 0 Å². The third-order valence-electron chi connectivity index (χ3n) is 5.26. The fraction of sp³-hybridized carbons (Fsp3) is 0.273. The van der Waals surface area contributed by atoms with Crippen molar-refractivity contribution in [1.82, 2.24) is 15.2 Å². The zero-order chi connectivity index (χ0) is 19.5. The molecule has 0 aliphatic carbocycles. The Morgan fingerprint density at radius 3 is 2.79 bits per heavy atom. The lowest BCUT2D eigenvalue weighted by atomic mass is 9.96. The Balaban J connectivity index is 1.38. The fourth-order valence-electron chi connectivity index (χ4n) is 3.68. The number of piperidine rings is 1. The molecule has 28 heavy (non-hydrogen) atoms. The summed E-state index contributed by atoms with van der Waals surface area (Å²) >= 11 is 5.89. The first-order chi connectivity index (χ1) is 13.6. The van der Waals surface area contributed by atoms with Gasteiger partial charge in [0.25, 0.3) is 5.91 Å². The number of nitrogens with zero attached hydrogens (tertiary/aromatic N) is 1. The lowest BCUT2D eigenvalue weighted by Crippen LogP contribution is -2.45. The van der Waals surface area contributed by atoms with E-state index in [1.807, 2.05) is 54.7 Å². The highest BCUT2D eigenvalue weighted by molar-refractivity contribution is 6.30. The van der Waals surface area contributed by atoms with E-state index in [4.69, 9.17) is 11.6 Å². The van der Waals surface area contributed by atoms with Crippen LogP contribution in [-0.2, 0) is 11.3 Å². The van der Waals surface area contributed by atoms with Crippen LogP contribution >= 0.6 is 11.6 Å². The molecule has 0 saturated carbocycles. The number of rotatable bonds is 4. The molecule has 2 amide bonds. The summed E-state index contributed by atoms with van der Waals surface area (Å²) in [6, 6.07) is 15.0. The molecule has 1 fully saturated rings. The van der Waals surface area contributed by atoms with Crippen molar-refractivity contribution in [3.8, 4) is 0 Å². The van der Waals surface area contributed by atoms with Gasteiger partial charge in [0.05, 0.1) is 5.92 Å². The minimum atomic E-state index is -0.180. The van der Waals surface area contributed by atoms with Crippen LogP contribution in [-0.4, -0.2) is 34.8 Å². The van der Waals surface area contributed by atoms with Gasteiger partial charge in [0.15, 0.2) is 0 Å². The van der Waals surface area contributed by atoms with E-state index >= 15 is 0 Å². The number of H-pyrrole nitrogens is 1. The number of aromatic nitrogens is 1. The highest BCUT2D eigenvalue weighted by Crippen LogP contribution is 2.21. The topological polar surface area (TPSA) is 65.2 Å². The highest BCUT2D eigenvalue weighted by atomic mass is 35.5. The molecule has 0 unspecified atom stereocenters. The van der Waals surface area contributed by atoms with E-state index in [2.05, 4.69) is 10.3 Å². The number of halogens is 1. The van der Waals surface area contributed by atoms with Crippen LogP contribution in [0.25, 0.3) is 10.9 Å². The van der Waals surface area contributed by atoms with Crippen LogP contribution in [0.5, 0.6) is 0 Å². The Morgan fingerprint density at radius 1 is 1.14 bits per heavy atom. The normalized spacial score (nSPS) is 16.9. The Kier molecular flexibility index (Phi) is 5.35. The average Bonchev–Trinajstić information content (AvgIpc) is 3.20. The van der Waals surface area contributed by atoms with Crippen LogP contribution < -0.4 is 5.32 Å². The first kappa shape index (κ1) is 18.6. The Bertz CT molecular complexity index is 996. The number of nitrogens with one attached hydrogen (secondary N) is 2. The Hall–Kier alpha value is -2.79. The van der Waals surface area contributed by atoms with Gasteiger partial charge in [0, 0.05) is 47.3 Å². The van der Waals surface area contributed by atoms with Crippen LogP contribution in [0, 0.1) is 5.92 Å². The molecule has 1 saturated heterocycles. The maximum absolute atomic E-state index is 12.9. The number of amides is 2. The molecular weight excluding hydrogens is 374 g/mol. The molecule has 3 aromatic rings. The second-order valence-corrected chi connectivity index (χ2v) is 7.65. The van der Waals surface area contributed by atoms with Gasteiger partial charge in [-0.05, 0) is 54.8 Å². The van der Waals surface area contributed by atoms with Gasteiger partial charge in [-0.1, -0.05) is 23.7 Å². The number of hydrogen-bond donors (Lipinski definition) is 2. The van der Waals surface area contributed by atoms with Crippen molar-refractivity contribution in [3.63, 3.8) is 0 Å². The van der Waals surface area contributed by atoms with E-state index in [0.717, 1.165) is 29.3 Å². The summed E-state index contributed by atoms with van der Waals surface area (Å²) in [5.41, 5.74) is 2.67. The van der Waals surface area contributed by atoms with Crippen molar-refractivity contribution < 1.29 is 9.59 Å². The van der Waals surface area contributed by atoms with Crippen molar-refractivity contribution in [2.45, 2.75) is 19.4 Å². The smallest absolute Gasteiger partial charge is 0.253 e. The molecule has 144 valence electrons. The van der Waals surface area contributed by atoms with E-state index in [9.17, 15) is 9.59 Å². The Morgan fingerprint density at radius 2 is 1.96 bits per heavy atom.